The molecule has 0 saturated carbocycles. The van der Waals surface area contributed by atoms with Gasteiger partial charge in [-0.05, 0) is 25.1 Å². The van der Waals surface area contributed by atoms with Crippen molar-refractivity contribution in [3.63, 3.8) is 0 Å². The van der Waals surface area contributed by atoms with E-state index in [4.69, 9.17) is 0 Å². The number of rotatable bonds is 3. The minimum Gasteiger partial charge on any atom is -0.341 e. The van der Waals surface area contributed by atoms with Crippen LogP contribution in [-0.2, 0) is 4.79 Å². The third-order valence-corrected chi connectivity index (χ3v) is 5.45. The summed E-state index contributed by atoms with van der Waals surface area (Å²) in [6.45, 7) is 3.60. The first-order valence-electron chi connectivity index (χ1n) is 6.80. The van der Waals surface area contributed by atoms with Crippen molar-refractivity contribution in [1.29, 1.82) is 0 Å². The predicted octanol–water partition coefficient (Wildman–Crippen LogP) is 2.21. The lowest BCUT2D eigenvalue weighted by Crippen LogP contribution is -2.35. The molecule has 1 aliphatic heterocycles. The van der Waals surface area contributed by atoms with Gasteiger partial charge in [0.25, 0.3) is 0 Å². The molecule has 1 aliphatic rings. The van der Waals surface area contributed by atoms with Gasteiger partial charge in [0.15, 0.2) is 4.34 Å². The van der Waals surface area contributed by atoms with Crippen LogP contribution in [0.15, 0.2) is 28.6 Å². The molecule has 1 aromatic heterocycles. The lowest BCUT2D eigenvalue weighted by Gasteiger charge is -2.19. The third-order valence-electron chi connectivity index (χ3n) is 3.29. The topological polar surface area (TPSA) is 45.2 Å². The molecule has 20 heavy (non-hydrogen) atoms. The van der Waals surface area contributed by atoms with Gasteiger partial charge >= 0.3 is 0 Å². The largest absolute Gasteiger partial charge is 0.341 e. The number of aromatic nitrogens is 1. The van der Waals surface area contributed by atoms with Gasteiger partial charge in [-0.3, -0.25) is 4.79 Å². The highest BCUT2D eigenvalue weighted by Gasteiger charge is 2.16. The number of carbonyl (C=O) groups excluding carboxylic acids is 1. The SMILES string of the molecule is O=C(CSc1nc2ccccc2s1)N1CCCNCC1. The molecule has 0 unspecified atom stereocenters. The quantitative estimate of drug-likeness (QED) is 0.883. The van der Waals surface area contributed by atoms with Crippen molar-refractivity contribution in [3.8, 4) is 0 Å². The molecule has 2 aromatic rings. The van der Waals surface area contributed by atoms with Crippen molar-refractivity contribution >= 4 is 39.2 Å². The average molecular weight is 307 g/mol. The Morgan fingerprint density at radius 3 is 3.15 bits per heavy atom. The minimum absolute atomic E-state index is 0.220. The number of carbonyl (C=O) groups is 1. The molecular formula is C14H17N3OS2. The standard InChI is InChI=1S/C14H17N3OS2/c18-13(17-8-3-6-15-7-9-17)10-19-14-16-11-4-1-2-5-12(11)20-14/h1-2,4-5,15H,3,6-10H2. The van der Waals surface area contributed by atoms with Crippen molar-refractivity contribution in [2.45, 2.75) is 10.8 Å². The fourth-order valence-electron chi connectivity index (χ4n) is 2.22. The highest BCUT2D eigenvalue weighted by molar-refractivity contribution is 8.01. The van der Waals surface area contributed by atoms with Gasteiger partial charge in [0.1, 0.15) is 0 Å². The third kappa shape index (κ3) is 3.31. The number of nitrogens with zero attached hydrogens (tertiary/aromatic N) is 2. The van der Waals surface area contributed by atoms with Crippen LogP contribution in [-0.4, -0.2) is 47.7 Å². The summed E-state index contributed by atoms with van der Waals surface area (Å²) < 4.78 is 2.16. The number of benzene rings is 1. The molecule has 3 rings (SSSR count). The molecule has 0 spiro atoms. The molecule has 1 saturated heterocycles. The Kier molecular flexibility index (Phi) is 4.54. The highest BCUT2D eigenvalue weighted by Crippen LogP contribution is 2.29. The summed E-state index contributed by atoms with van der Waals surface area (Å²) in [7, 11) is 0. The number of hydrogen-bond donors (Lipinski definition) is 1. The Bertz CT molecular complexity index is 558. The molecule has 106 valence electrons. The monoisotopic (exact) mass is 307 g/mol. The molecule has 1 N–H and O–H groups in total. The number of thiazole rings is 1. The predicted molar refractivity (Wildman–Crippen MR) is 84.4 cm³/mol. The van der Waals surface area contributed by atoms with Crippen LogP contribution in [0.4, 0.5) is 0 Å². The maximum absolute atomic E-state index is 12.2. The number of thioether (sulfide) groups is 1. The first-order chi connectivity index (χ1) is 9.83. The number of para-hydroxylation sites is 1. The van der Waals surface area contributed by atoms with E-state index in [0.29, 0.717) is 5.75 Å². The Morgan fingerprint density at radius 1 is 1.35 bits per heavy atom. The van der Waals surface area contributed by atoms with Crippen LogP contribution in [0.1, 0.15) is 6.42 Å². The summed E-state index contributed by atoms with van der Waals surface area (Å²) in [5.41, 5.74) is 1.02. The first kappa shape index (κ1) is 13.9. The molecule has 2 heterocycles. The summed E-state index contributed by atoms with van der Waals surface area (Å²) in [5.74, 6) is 0.706. The van der Waals surface area contributed by atoms with E-state index in [0.717, 1.165) is 42.5 Å². The fraction of sp³-hybridized carbons (Fsp3) is 0.429. The Labute approximate surface area is 126 Å². The maximum atomic E-state index is 12.2. The van der Waals surface area contributed by atoms with Gasteiger partial charge in [-0.1, -0.05) is 23.9 Å². The van der Waals surface area contributed by atoms with Crippen LogP contribution in [0.3, 0.4) is 0 Å². The zero-order valence-corrected chi connectivity index (χ0v) is 12.8. The van der Waals surface area contributed by atoms with Crippen molar-refractivity contribution in [3.05, 3.63) is 24.3 Å². The molecule has 0 atom stereocenters. The van der Waals surface area contributed by atoms with Crippen molar-refractivity contribution in [2.75, 3.05) is 31.9 Å². The van der Waals surface area contributed by atoms with Crippen LogP contribution >= 0.6 is 23.1 Å². The van der Waals surface area contributed by atoms with Gasteiger partial charge < -0.3 is 10.2 Å². The van der Waals surface area contributed by atoms with E-state index in [2.05, 4.69) is 16.4 Å². The molecule has 1 amide bonds. The van der Waals surface area contributed by atoms with Gasteiger partial charge in [0.05, 0.1) is 16.0 Å². The van der Waals surface area contributed by atoms with Crippen molar-refractivity contribution in [1.82, 2.24) is 15.2 Å². The molecule has 1 aromatic carbocycles. The van der Waals surface area contributed by atoms with Gasteiger partial charge in [0, 0.05) is 19.6 Å². The molecule has 0 aliphatic carbocycles. The second-order valence-electron chi connectivity index (χ2n) is 4.72. The minimum atomic E-state index is 0.220. The summed E-state index contributed by atoms with van der Waals surface area (Å²) in [6.07, 6.45) is 1.04. The van der Waals surface area contributed by atoms with E-state index in [1.165, 1.54) is 4.70 Å². The summed E-state index contributed by atoms with van der Waals surface area (Å²) >= 11 is 3.21. The number of fused-ring (bicyclic) bond motifs is 1. The van der Waals surface area contributed by atoms with Gasteiger partial charge in [-0.2, -0.15) is 0 Å². The lowest BCUT2D eigenvalue weighted by atomic mass is 10.3. The molecule has 0 radical (unpaired) electrons. The summed E-state index contributed by atoms with van der Waals surface area (Å²) in [5, 5.41) is 3.31. The van der Waals surface area contributed by atoms with Crippen LogP contribution in [0.25, 0.3) is 10.2 Å². The van der Waals surface area contributed by atoms with Crippen LogP contribution < -0.4 is 5.32 Å². The van der Waals surface area contributed by atoms with Gasteiger partial charge in [-0.25, -0.2) is 4.98 Å². The Balaban J connectivity index is 1.59. The van der Waals surface area contributed by atoms with Crippen LogP contribution in [0.5, 0.6) is 0 Å². The highest BCUT2D eigenvalue weighted by atomic mass is 32.2. The lowest BCUT2D eigenvalue weighted by molar-refractivity contribution is -0.128. The molecule has 1 fully saturated rings. The van der Waals surface area contributed by atoms with E-state index in [9.17, 15) is 4.79 Å². The summed E-state index contributed by atoms with van der Waals surface area (Å²) in [4.78, 5) is 18.7. The van der Waals surface area contributed by atoms with E-state index < -0.39 is 0 Å². The van der Waals surface area contributed by atoms with E-state index in [-0.39, 0.29) is 5.91 Å². The first-order valence-corrected chi connectivity index (χ1v) is 8.60. The molecule has 6 heteroatoms. The smallest absolute Gasteiger partial charge is 0.233 e. The number of hydrogen-bond acceptors (Lipinski definition) is 5. The second-order valence-corrected chi connectivity index (χ2v) is 6.97. The van der Waals surface area contributed by atoms with Crippen molar-refractivity contribution < 1.29 is 4.79 Å². The summed E-state index contributed by atoms with van der Waals surface area (Å²) in [6, 6.07) is 8.09. The van der Waals surface area contributed by atoms with E-state index in [1.54, 1.807) is 23.1 Å². The second kappa shape index (κ2) is 6.56. The normalized spacial score (nSPS) is 16.3. The maximum Gasteiger partial charge on any atom is 0.233 e. The van der Waals surface area contributed by atoms with Crippen LogP contribution in [0.2, 0.25) is 0 Å². The number of nitrogens with one attached hydrogen (secondary N) is 1. The van der Waals surface area contributed by atoms with Gasteiger partial charge in [-0.15, -0.1) is 11.3 Å². The van der Waals surface area contributed by atoms with E-state index >= 15 is 0 Å². The zero-order chi connectivity index (χ0) is 13.8. The molecule has 0 bridgehead atoms. The zero-order valence-electron chi connectivity index (χ0n) is 11.2. The Hall–Kier alpha value is -1.11. The number of amides is 1. The van der Waals surface area contributed by atoms with Crippen molar-refractivity contribution in [2.24, 2.45) is 0 Å². The van der Waals surface area contributed by atoms with Crippen LogP contribution in [0, 0.1) is 0 Å². The van der Waals surface area contributed by atoms with Gasteiger partial charge in [0.2, 0.25) is 5.91 Å². The average Bonchev–Trinajstić information content (AvgIpc) is 2.69. The molecule has 4 nitrogen and oxygen atoms in total. The molecular weight excluding hydrogens is 290 g/mol. The Morgan fingerprint density at radius 2 is 2.25 bits per heavy atom. The fourth-order valence-corrected chi connectivity index (χ4v) is 4.19. The van der Waals surface area contributed by atoms with E-state index in [1.807, 2.05) is 23.1 Å².